The minimum absolute atomic E-state index is 0.353. The molecule has 76 valence electrons. The summed E-state index contributed by atoms with van der Waals surface area (Å²) in [6.07, 6.45) is 0. The summed E-state index contributed by atoms with van der Waals surface area (Å²) < 4.78 is 0. The van der Waals surface area contributed by atoms with E-state index in [0.29, 0.717) is 13.1 Å². The van der Waals surface area contributed by atoms with Gasteiger partial charge in [0.25, 0.3) is 0 Å². The first-order chi connectivity index (χ1) is 6.86. The monoisotopic (exact) mass is 194 g/mol. The Bertz CT molecular complexity index is 205. The van der Waals surface area contributed by atoms with Crippen LogP contribution in [0.25, 0.3) is 0 Å². The average Bonchev–Trinajstić information content (AvgIpc) is 2.25. The number of rotatable bonds is 4. The van der Waals surface area contributed by atoms with Crippen molar-refractivity contribution in [3.63, 3.8) is 0 Å². The highest BCUT2D eigenvalue weighted by molar-refractivity contribution is 4.76. The van der Waals surface area contributed by atoms with Gasteiger partial charge in [0, 0.05) is 26.2 Å². The number of piperazine rings is 1. The molecular weight excluding hydrogens is 180 g/mol. The van der Waals surface area contributed by atoms with Gasteiger partial charge in [0.2, 0.25) is 0 Å². The summed E-state index contributed by atoms with van der Waals surface area (Å²) in [4.78, 5) is 0. The second kappa shape index (κ2) is 6.30. The summed E-state index contributed by atoms with van der Waals surface area (Å²) in [7, 11) is 0. The van der Waals surface area contributed by atoms with Gasteiger partial charge in [0.15, 0.2) is 0 Å². The maximum absolute atomic E-state index is 8.37. The lowest BCUT2D eigenvalue weighted by Crippen LogP contribution is -2.55. The van der Waals surface area contributed by atoms with E-state index in [0.717, 1.165) is 26.2 Å². The van der Waals surface area contributed by atoms with E-state index in [-0.39, 0.29) is 0 Å². The number of hydrazine groups is 2. The number of nitrogens with zero attached hydrogens (tertiary/aromatic N) is 4. The molecule has 0 saturated carbocycles. The Balaban J connectivity index is 2.12. The summed E-state index contributed by atoms with van der Waals surface area (Å²) in [5.41, 5.74) is 6.00. The predicted molar refractivity (Wildman–Crippen MR) is 50.4 cm³/mol. The van der Waals surface area contributed by atoms with Crippen LogP contribution in [-0.2, 0) is 0 Å². The minimum atomic E-state index is 0.353. The highest BCUT2D eigenvalue weighted by Gasteiger charge is 2.15. The molecule has 2 N–H and O–H groups in total. The quantitative estimate of drug-likeness (QED) is 0.539. The Morgan fingerprint density at radius 2 is 1.21 bits per heavy atom. The molecule has 0 amide bonds. The Labute approximate surface area is 83.6 Å². The molecule has 0 bridgehead atoms. The summed E-state index contributed by atoms with van der Waals surface area (Å²) in [5.74, 6) is 0. The third kappa shape index (κ3) is 3.69. The van der Waals surface area contributed by atoms with Gasteiger partial charge in [-0.2, -0.15) is 10.5 Å². The fourth-order valence-corrected chi connectivity index (χ4v) is 1.32. The van der Waals surface area contributed by atoms with E-state index in [4.69, 9.17) is 10.5 Å². The minimum Gasteiger partial charge on any atom is -0.241 e. The van der Waals surface area contributed by atoms with Crippen molar-refractivity contribution in [3.8, 4) is 12.1 Å². The van der Waals surface area contributed by atoms with Crippen LogP contribution in [0, 0.1) is 22.7 Å². The highest BCUT2D eigenvalue weighted by atomic mass is 15.6. The molecule has 6 nitrogen and oxygen atoms in total. The van der Waals surface area contributed by atoms with Gasteiger partial charge in [-0.15, -0.1) is 0 Å². The molecule has 0 aromatic heterocycles. The van der Waals surface area contributed by atoms with Crippen LogP contribution >= 0.6 is 0 Å². The lowest BCUT2D eigenvalue weighted by atomic mass is 10.4. The van der Waals surface area contributed by atoms with E-state index in [1.807, 2.05) is 22.2 Å². The lowest BCUT2D eigenvalue weighted by Gasteiger charge is -2.33. The largest absolute Gasteiger partial charge is 0.241 e. The average molecular weight is 194 g/mol. The molecule has 1 aliphatic rings. The van der Waals surface area contributed by atoms with Crippen LogP contribution in [-0.4, -0.2) is 49.3 Å². The van der Waals surface area contributed by atoms with Gasteiger partial charge in [-0.1, -0.05) is 0 Å². The Morgan fingerprint density at radius 1 is 0.857 bits per heavy atom. The summed E-state index contributed by atoms with van der Waals surface area (Å²) in [6.45, 7) is 4.15. The van der Waals surface area contributed by atoms with Crippen LogP contribution in [0.1, 0.15) is 0 Å². The first-order valence-corrected chi connectivity index (χ1v) is 4.57. The zero-order chi connectivity index (χ0) is 10.2. The zero-order valence-corrected chi connectivity index (χ0v) is 8.03. The zero-order valence-electron chi connectivity index (χ0n) is 8.03. The number of nitriles is 2. The maximum Gasteiger partial charge on any atom is 0.0974 e. The van der Waals surface area contributed by atoms with Gasteiger partial charge < -0.3 is 0 Å². The van der Waals surface area contributed by atoms with E-state index in [2.05, 4.69) is 10.9 Å². The topological polar surface area (TPSA) is 78.1 Å². The molecule has 0 aromatic rings. The molecule has 0 atom stereocenters. The summed E-state index contributed by atoms with van der Waals surface area (Å²) >= 11 is 0. The van der Waals surface area contributed by atoms with Crippen molar-refractivity contribution in [2.24, 2.45) is 0 Å². The van der Waals surface area contributed by atoms with Gasteiger partial charge in [-0.3, -0.25) is 0 Å². The molecule has 1 saturated heterocycles. The van der Waals surface area contributed by atoms with Crippen LogP contribution < -0.4 is 10.9 Å². The molecule has 14 heavy (non-hydrogen) atoms. The van der Waals surface area contributed by atoms with Crippen molar-refractivity contribution < 1.29 is 0 Å². The molecule has 0 aromatic carbocycles. The third-order valence-electron chi connectivity index (χ3n) is 2.04. The lowest BCUT2D eigenvalue weighted by molar-refractivity contribution is 0.0655. The molecule has 1 aliphatic heterocycles. The fourth-order valence-electron chi connectivity index (χ4n) is 1.32. The van der Waals surface area contributed by atoms with Crippen molar-refractivity contribution in [2.45, 2.75) is 0 Å². The van der Waals surface area contributed by atoms with Crippen molar-refractivity contribution in [2.75, 3.05) is 39.3 Å². The number of nitrogens with one attached hydrogen (secondary N) is 2. The van der Waals surface area contributed by atoms with E-state index in [9.17, 15) is 0 Å². The van der Waals surface area contributed by atoms with Crippen LogP contribution in [0.3, 0.4) is 0 Å². The third-order valence-corrected chi connectivity index (χ3v) is 2.04. The molecule has 6 heteroatoms. The first kappa shape index (κ1) is 10.9. The standard InChI is InChI=1S/C8H14N6/c9-1-3-11-13-5-7-14(8-6-13)12-4-2-10/h11-12H,3-8H2. The maximum atomic E-state index is 8.37. The van der Waals surface area contributed by atoms with Gasteiger partial charge in [0.1, 0.15) is 0 Å². The van der Waals surface area contributed by atoms with Crippen LogP contribution in [0.2, 0.25) is 0 Å². The smallest absolute Gasteiger partial charge is 0.0974 e. The van der Waals surface area contributed by atoms with E-state index >= 15 is 0 Å². The summed E-state index contributed by atoms with van der Waals surface area (Å²) in [5, 5.41) is 20.8. The Morgan fingerprint density at radius 3 is 1.50 bits per heavy atom. The van der Waals surface area contributed by atoms with Crippen molar-refractivity contribution in [1.82, 2.24) is 20.9 Å². The van der Waals surface area contributed by atoms with Gasteiger partial charge in [-0.05, 0) is 0 Å². The number of hydrogen-bond donors (Lipinski definition) is 2. The molecule has 0 spiro atoms. The predicted octanol–water partition coefficient (Wildman–Crippen LogP) is -1.34. The molecule has 1 rings (SSSR count). The normalized spacial score (nSPS) is 18.7. The highest BCUT2D eigenvalue weighted by Crippen LogP contribution is 1.94. The van der Waals surface area contributed by atoms with Crippen molar-refractivity contribution in [3.05, 3.63) is 0 Å². The van der Waals surface area contributed by atoms with Crippen LogP contribution in [0.15, 0.2) is 0 Å². The van der Waals surface area contributed by atoms with Crippen molar-refractivity contribution >= 4 is 0 Å². The van der Waals surface area contributed by atoms with E-state index < -0.39 is 0 Å². The van der Waals surface area contributed by atoms with Gasteiger partial charge in [-0.25, -0.2) is 20.9 Å². The van der Waals surface area contributed by atoms with Gasteiger partial charge in [0.05, 0.1) is 25.2 Å². The molecule has 0 radical (unpaired) electrons. The SMILES string of the molecule is N#CCNN1CCN(NCC#N)CC1. The Hall–Kier alpha value is -1.18. The van der Waals surface area contributed by atoms with E-state index in [1.165, 1.54) is 0 Å². The van der Waals surface area contributed by atoms with Crippen LogP contribution in [0.5, 0.6) is 0 Å². The molecule has 0 unspecified atom stereocenters. The van der Waals surface area contributed by atoms with Crippen LogP contribution in [0.4, 0.5) is 0 Å². The molecule has 1 heterocycles. The second-order valence-electron chi connectivity index (χ2n) is 2.96. The number of hydrogen-bond acceptors (Lipinski definition) is 6. The van der Waals surface area contributed by atoms with E-state index in [1.54, 1.807) is 0 Å². The first-order valence-electron chi connectivity index (χ1n) is 4.57. The molecule has 0 aliphatic carbocycles. The molecular formula is C8H14N6. The van der Waals surface area contributed by atoms with Crippen molar-refractivity contribution in [1.29, 1.82) is 10.5 Å². The molecule has 1 fully saturated rings. The second-order valence-corrected chi connectivity index (χ2v) is 2.96. The fraction of sp³-hybridized carbons (Fsp3) is 0.750. The van der Waals surface area contributed by atoms with Gasteiger partial charge >= 0.3 is 0 Å². The Kier molecular flexibility index (Phi) is 4.90. The summed E-state index contributed by atoms with van der Waals surface area (Å²) in [6, 6.07) is 4.07.